The molecule has 14 heavy (non-hydrogen) atoms. The van der Waals surface area contributed by atoms with Crippen molar-refractivity contribution in [3.05, 3.63) is 10.8 Å². The smallest absolute Gasteiger partial charge is 0.240 e. The fraction of sp³-hybridized carbons (Fsp3) is 0.556. The second-order valence-electron chi connectivity index (χ2n) is 3.48. The molecule has 1 fully saturated rings. The van der Waals surface area contributed by atoms with Crippen LogP contribution in [-0.2, 0) is 11.8 Å². The minimum atomic E-state index is 0.412. The van der Waals surface area contributed by atoms with Crippen LogP contribution < -0.4 is 0 Å². The summed E-state index contributed by atoms with van der Waals surface area (Å²) in [5.41, 5.74) is 1.33. The lowest BCUT2D eigenvalue weighted by Crippen LogP contribution is -2.09. The molecule has 0 aromatic carbocycles. The monoisotopic (exact) mass is 211 g/mol. The summed E-state index contributed by atoms with van der Waals surface area (Å²) in [6, 6.07) is 0. The fourth-order valence-electron chi connectivity index (χ4n) is 1.62. The van der Waals surface area contributed by atoms with Crippen molar-refractivity contribution >= 4 is 23.4 Å². The van der Waals surface area contributed by atoms with Gasteiger partial charge in [-0.1, -0.05) is 18.0 Å². The summed E-state index contributed by atoms with van der Waals surface area (Å²) < 4.78 is 1.55. The van der Waals surface area contributed by atoms with Gasteiger partial charge >= 0.3 is 0 Å². The molecule has 0 bridgehead atoms. The predicted octanol–water partition coefficient (Wildman–Crippen LogP) is 2.31. The zero-order valence-electron chi connectivity index (χ0n) is 7.83. The van der Waals surface area contributed by atoms with Crippen LogP contribution >= 0.6 is 11.6 Å². The molecule has 0 aliphatic heterocycles. The largest absolute Gasteiger partial charge is 0.255 e. The first-order valence-electron chi connectivity index (χ1n) is 4.54. The molecular formula is C9H10ClN3O. The highest BCUT2D eigenvalue weighted by molar-refractivity contribution is 6.32. The standard InChI is InChI=1S/C9H10ClN3O/c1-13-9(10)8(11-5-14)7(12-13)6-3-2-4-6/h6H,2-4H2,1H3. The quantitative estimate of drug-likeness (QED) is 0.557. The lowest BCUT2D eigenvalue weighted by atomic mass is 9.82. The molecule has 0 radical (unpaired) electrons. The average Bonchev–Trinajstić information content (AvgIpc) is 2.31. The van der Waals surface area contributed by atoms with E-state index in [-0.39, 0.29) is 0 Å². The van der Waals surface area contributed by atoms with Crippen LogP contribution in [0.2, 0.25) is 5.15 Å². The highest BCUT2D eigenvalue weighted by Crippen LogP contribution is 2.42. The van der Waals surface area contributed by atoms with Crippen LogP contribution in [0.1, 0.15) is 30.9 Å². The molecule has 0 atom stereocenters. The second-order valence-corrected chi connectivity index (χ2v) is 3.84. The Hall–Kier alpha value is -1.12. The number of nitrogens with zero attached hydrogens (tertiary/aromatic N) is 3. The van der Waals surface area contributed by atoms with Gasteiger partial charge in [-0.2, -0.15) is 10.1 Å². The third-order valence-electron chi connectivity index (χ3n) is 2.63. The van der Waals surface area contributed by atoms with Gasteiger partial charge in [0.25, 0.3) is 0 Å². The molecular weight excluding hydrogens is 202 g/mol. The lowest BCUT2D eigenvalue weighted by molar-refractivity contribution is 0.408. The van der Waals surface area contributed by atoms with E-state index in [0.29, 0.717) is 16.8 Å². The van der Waals surface area contributed by atoms with E-state index >= 15 is 0 Å². The van der Waals surface area contributed by atoms with E-state index in [1.165, 1.54) is 12.5 Å². The Morgan fingerprint density at radius 2 is 2.36 bits per heavy atom. The molecule has 4 nitrogen and oxygen atoms in total. The van der Waals surface area contributed by atoms with E-state index in [4.69, 9.17) is 11.6 Å². The fourth-order valence-corrected chi connectivity index (χ4v) is 1.79. The Morgan fingerprint density at radius 3 is 2.86 bits per heavy atom. The number of aromatic nitrogens is 2. The molecule has 2 rings (SSSR count). The second kappa shape index (κ2) is 3.56. The Morgan fingerprint density at radius 1 is 1.64 bits per heavy atom. The summed E-state index contributed by atoms with van der Waals surface area (Å²) in [4.78, 5) is 13.8. The number of aryl methyl sites for hydroxylation is 1. The van der Waals surface area contributed by atoms with Crippen LogP contribution in [0.3, 0.4) is 0 Å². The molecule has 0 unspecified atom stereocenters. The van der Waals surface area contributed by atoms with Gasteiger partial charge in [0.2, 0.25) is 6.08 Å². The van der Waals surface area contributed by atoms with E-state index in [1.807, 2.05) is 0 Å². The van der Waals surface area contributed by atoms with Gasteiger partial charge in [0.15, 0.2) is 5.15 Å². The Labute approximate surface area is 86.6 Å². The van der Waals surface area contributed by atoms with Gasteiger partial charge in [0.05, 0.1) is 5.69 Å². The maximum atomic E-state index is 10.2. The van der Waals surface area contributed by atoms with E-state index in [0.717, 1.165) is 18.5 Å². The van der Waals surface area contributed by atoms with Crippen LogP contribution in [0.25, 0.3) is 0 Å². The van der Waals surface area contributed by atoms with Crippen LogP contribution in [0.4, 0.5) is 5.69 Å². The first kappa shape index (κ1) is 9.44. The number of hydrogen-bond donors (Lipinski definition) is 0. The maximum absolute atomic E-state index is 10.2. The van der Waals surface area contributed by atoms with E-state index in [2.05, 4.69) is 10.1 Å². The molecule has 74 valence electrons. The summed E-state index contributed by atoms with van der Waals surface area (Å²) in [5.74, 6) is 0.417. The van der Waals surface area contributed by atoms with Gasteiger partial charge in [0, 0.05) is 13.0 Å². The van der Waals surface area contributed by atoms with E-state index in [1.54, 1.807) is 11.7 Å². The molecule has 0 amide bonds. The SMILES string of the molecule is Cn1nc(C2CCC2)c(N=C=O)c1Cl. The highest BCUT2D eigenvalue weighted by Gasteiger charge is 2.27. The van der Waals surface area contributed by atoms with Crippen LogP contribution in [0.15, 0.2) is 4.99 Å². The van der Waals surface area contributed by atoms with Crippen molar-refractivity contribution in [1.82, 2.24) is 9.78 Å². The zero-order chi connectivity index (χ0) is 10.1. The zero-order valence-corrected chi connectivity index (χ0v) is 8.58. The first-order chi connectivity index (χ1) is 6.74. The number of carbonyl (C=O) groups excluding carboxylic acids is 1. The number of aliphatic imine (C=N–C) groups is 1. The molecule has 5 heteroatoms. The van der Waals surface area contributed by atoms with Crippen molar-refractivity contribution in [2.24, 2.45) is 12.0 Å². The number of hydrogen-bond acceptors (Lipinski definition) is 3. The first-order valence-corrected chi connectivity index (χ1v) is 4.92. The minimum absolute atomic E-state index is 0.412. The van der Waals surface area contributed by atoms with Crippen molar-refractivity contribution in [3.8, 4) is 0 Å². The van der Waals surface area contributed by atoms with Gasteiger partial charge in [-0.15, -0.1) is 0 Å². The molecule has 1 aromatic rings. The third kappa shape index (κ3) is 1.37. The molecule has 1 aromatic heterocycles. The average molecular weight is 212 g/mol. The van der Waals surface area contributed by atoms with E-state index in [9.17, 15) is 4.79 Å². The summed E-state index contributed by atoms with van der Waals surface area (Å²) in [7, 11) is 1.74. The summed E-state index contributed by atoms with van der Waals surface area (Å²) in [5, 5.41) is 4.68. The molecule has 1 aliphatic rings. The molecule has 1 heterocycles. The van der Waals surface area contributed by atoms with Gasteiger partial charge in [-0.25, -0.2) is 4.79 Å². The number of halogens is 1. The molecule has 1 aliphatic carbocycles. The van der Waals surface area contributed by atoms with Crippen molar-refractivity contribution in [2.45, 2.75) is 25.2 Å². The Kier molecular flexibility index (Phi) is 2.40. The summed E-state index contributed by atoms with van der Waals surface area (Å²) in [6.45, 7) is 0. The van der Waals surface area contributed by atoms with Crippen molar-refractivity contribution in [3.63, 3.8) is 0 Å². The van der Waals surface area contributed by atoms with Crippen LogP contribution in [0, 0.1) is 0 Å². The van der Waals surface area contributed by atoms with Gasteiger partial charge < -0.3 is 0 Å². The molecule has 1 saturated carbocycles. The third-order valence-corrected chi connectivity index (χ3v) is 3.05. The van der Waals surface area contributed by atoms with Crippen LogP contribution in [0.5, 0.6) is 0 Å². The Balaban J connectivity index is 2.46. The van der Waals surface area contributed by atoms with Crippen molar-refractivity contribution < 1.29 is 4.79 Å². The topological polar surface area (TPSA) is 47.2 Å². The normalized spacial score (nSPS) is 16.1. The predicted molar refractivity (Wildman–Crippen MR) is 52.6 cm³/mol. The molecule has 0 N–H and O–H groups in total. The molecule has 0 spiro atoms. The summed E-state index contributed by atoms with van der Waals surface area (Å²) >= 11 is 5.95. The van der Waals surface area contributed by atoms with Crippen molar-refractivity contribution in [1.29, 1.82) is 0 Å². The highest BCUT2D eigenvalue weighted by atomic mass is 35.5. The molecule has 0 saturated heterocycles. The van der Waals surface area contributed by atoms with E-state index < -0.39 is 0 Å². The van der Waals surface area contributed by atoms with Crippen LogP contribution in [-0.4, -0.2) is 15.9 Å². The number of isocyanates is 1. The summed E-state index contributed by atoms with van der Waals surface area (Å²) in [6.07, 6.45) is 4.94. The minimum Gasteiger partial charge on any atom is -0.255 e. The lowest BCUT2D eigenvalue weighted by Gasteiger charge is -2.23. The number of rotatable bonds is 2. The Bertz CT molecular complexity index is 402. The maximum Gasteiger partial charge on any atom is 0.240 e. The van der Waals surface area contributed by atoms with Gasteiger partial charge in [0.1, 0.15) is 5.69 Å². The van der Waals surface area contributed by atoms with Crippen molar-refractivity contribution in [2.75, 3.05) is 0 Å². The van der Waals surface area contributed by atoms with Gasteiger partial charge in [-0.3, -0.25) is 4.68 Å². The van der Waals surface area contributed by atoms with Gasteiger partial charge in [-0.05, 0) is 12.8 Å².